The Bertz CT molecular complexity index is 923. The average molecular weight is 474 g/mol. The Kier molecular flexibility index (Phi) is 8.92. The van der Waals surface area contributed by atoms with E-state index >= 15 is 0 Å². The number of hydrogen-bond donors (Lipinski definition) is 1. The number of urea groups is 1. The number of nitrogens with one attached hydrogen (secondary N) is 1. The topological polar surface area (TPSA) is 97.4 Å². The molecule has 186 valence electrons. The number of piperidine rings is 1. The number of esters is 2. The molecule has 0 aliphatic carbocycles. The van der Waals surface area contributed by atoms with Crippen LogP contribution in [0.2, 0.25) is 0 Å². The largest absolute Gasteiger partial charge is 0.497 e. The van der Waals surface area contributed by atoms with Crippen LogP contribution in [0.1, 0.15) is 45.2 Å². The highest BCUT2D eigenvalue weighted by atomic mass is 16.5. The SMILES string of the molecule is CCOC(=O)C1=C(CN2CCC(C(=O)OCC)CC2)N(CC)C(=O)N[C@H]1c1cccc(OC)c1. The number of amides is 2. The molecule has 2 aliphatic rings. The Labute approximate surface area is 201 Å². The first-order valence-electron chi connectivity index (χ1n) is 11.9. The van der Waals surface area contributed by atoms with Crippen molar-refractivity contribution in [1.29, 1.82) is 0 Å². The zero-order valence-corrected chi connectivity index (χ0v) is 20.5. The van der Waals surface area contributed by atoms with Gasteiger partial charge in [0.05, 0.1) is 37.9 Å². The summed E-state index contributed by atoms with van der Waals surface area (Å²) < 4.78 is 16.0. The molecule has 9 heteroatoms. The van der Waals surface area contributed by atoms with Crippen LogP contribution >= 0.6 is 0 Å². The summed E-state index contributed by atoms with van der Waals surface area (Å²) >= 11 is 0. The Balaban J connectivity index is 1.94. The normalized spacial score (nSPS) is 19.6. The fourth-order valence-corrected chi connectivity index (χ4v) is 4.53. The Hall–Kier alpha value is -3.07. The first-order valence-corrected chi connectivity index (χ1v) is 11.9. The number of methoxy groups -OCH3 is 1. The van der Waals surface area contributed by atoms with Crippen LogP contribution < -0.4 is 10.1 Å². The van der Waals surface area contributed by atoms with Gasteiger partial charge in [0.2, 0.25) is 0 Å². The molecule has 0 saturated carbocycles. The number of rotatable bonds is 9. The van der Waals surface area contributed by atoms with Crippen molar-refractivity contribution >= 4 is 18.0 Å². The Morgan fingerprint density at radius 2 is 1.79 bits per heavy atom. The van der Waals surface area contributed by atoms with Crippen molar-refractivity contribution in [3.05, 3.63) is 41.1 Å². The third-order valence-corrected chi connectivity index (χ3v) is 6.26. The number of hydrogen-bond acceptors (Lipinski definition) is 7. The van der Waals surface area contributed by atoms with Gasteiger partial charge < -0.3 is 19.5 Å². The summed E-state index contributed by atoms with van der Waals surface area (Å²) in [7, 11) is 1.57. The lowest BCUT2D eigenvalue weighted by molar-refractivity contribution is -0.149. The second kappa shape index (κ2) is 11.9. The maximum Gasteiger partial charge on any atom is 0.338 e. The summed E-state index contributed by atoms with van der Waals surface area (Å²) in [5.41, 5.74) is 1.79. The summed E-state index contributed by atoms with van der Waals surface area (Å²) in [4.78, 5) is 42.2. The predicted molar refractivity (Wildman–Crippen MR) is 126 cm³/mol. The lowest BCUT2D eigenvalue weighted by atomic mass is 9.93. The van der Waals surface area contributed by atoms with Gasteiger partial charge in [-0.3, -0.25) is 14.6 Å². The molecule has 0 bridgehead atoms. The predicted octanol–water partition coefficient (Wildman–Crippen LogP) is 2.87. The van der Waals surface area contributed by atoms with Gasteiger partial charge in [-0.2, -0.15) is 0 Å². The number of nitrogens with zero attached hydrogens (tertiary/aromatic N) is 2. The molecular formula is C25H35N3O6. The summed E-state index contributed by atoms with van der Waals surface area (Å²) in [6, 6.07) is 6.39. The molecule has 0 aromatic heterocycles. The number of ether oxygens (including phenoxy) is 3. The van der Waals surface area contributed by atoms with E-state index in [4.69, 9.17) is 14.2 Å². The maximum absolute atomic E-state index is 13.2. The van der Waals surface area contributed by atoms with Crippen LogP contribution in [0.15, 0.2) is 35.5 Å². The summed E-state index contributed by atoms with van der Waals surface area (Å²) in [6.45, 7) is 8.21. The molecule has 1 N–H and O–H groups in total. The fraction of sp³-hybridized carbons (Fsp3) is 0.560. The molecule has 2 amide bonds. The van der Waals surface area contributed by atoms with Crippen molar-refractivity contribution in [2.45, 2.75) is 39.7 Å². The lowest BCUT2D eigenvalue weighted by Gasteiger charge is -2.39. The molecule has 1 aromatic carbocycles. The van der Waals surface area contributed by atoms with Crippen LogP contribution in [0, 0.1) is 5.92 Å². The van der Waals surface area contributed by atoms with E-state index in [0.717, 1.165) is 5.56 Å². The lowest BCUT2D eigenvalue weighted by Crippen LogP contribution is -2.51. The van der Waals surface area contributed by atoms with Crippen molar-refractivity contribution in [1.82, 2.24) is 15.1 Å². The smallest absolute Gasteiger partial charge is 0.338 e. The van der Waals surface area contributed by atoms with Gasteiger partial charge in [-0.15, -0.1) is 0 Å². The molecule has 0 unspecified atom stereocenters. The third kappa shape index (κ3) is 5.70. The standard InChI is InChI=1S/C25H35N3O6/c1-5-28-20(16-27-13-11-17(12-14-27)23(29)33-6-2)21(24(30)34-7-3)22(26-25(28)31)18-9-8-10-19(15-18)32-4/h8-10,15,17,22H,5-7,11-14,16H2,1-4H3,(H,26,31)/t22-/m0/s1. The van der Waals surface area contributed by atoms with Gasteiger partial charge in [0.15, 0.2) is 0 Å². The molecule has 1 aromatic rings. The Morgan fingerprint density at radius 1 is 1.09 bits per heavy atom. The monoisotopic (exact) mass is 473 g/mol. The van der Waals surface area contributed by atoms with Crippen molar-refractivity contribution in [3.8, 4) is 5.75 Å². The van der Waals surface area contributed by atoms with Gasteiger partial charge >= 0.3 is 18.0 Å². The second-order valence-electron chi connectivity index (χ2n) is 8.29. The molecule has 0 radical (unpaired) electrons. The summed E-state index contributed by atoms with van der Waals surface area (Å²) in [5.74, 6) is -0.0873. The molecule has 2 heterocycles. The summed E-state index contributed by atoms with van der Waals surface area (Å²) in [6.07, 6.45) is 1.36. The third-order valence-electron chi connectivity index (χ3n) is 6.26. The van der Waals surface area contributed by atoms with Gasteiger partial charge in [-0.05, 0) is 64.4 Å². The van der Waals surface area contributed by atoms with Crippen molar-refractivity contribution in [2.75, 3.05) is 46.5 Å². The molecule has 1 saturated heterocycles. The van der Waals surface area contributed by atoms with Gasteiger partial charge in [0.25, 0.3) is 0 Å². The minimum atomic E-state index is -0.656. The molecule has 2 aliphatic heterocycles. The van der Waals surface area contributed by atoms with E-state index in [9.17, 15) is 14.4 Å². The number of likely N-dealkylation sites (tertiary alicyclic amines) is 1. The molecule has 1 atom stereocenters. The average Bonchev–Trinajstić information content (AvgIpc) is 2.84. The molecule has 1 fully saturated rings. The summed E-state index contributed by atoms with van der Waals surface area (Å²) in [5, 5.41) is 2.97. The molecule has 34 heavy (non-hydrogen) atoms. The Morgan fingerprint density at radius 3 is 2.41 bits per heavy atom. The van der Waals surface area contributed by atoms with Crippen LogP contribution in [0.5, 0.6) is 5.75 Å². The second-order valence-corrected chi connectivity index (χ2v) is 8.29. The zero-order chi connectivity index (χ0) is 24.7. The van der Waals surface area contributed by atoms with E-state index in [0.29, 0.717) is 62.6 Å². The zero-order valence-electron chi connectivity index (χ0n) is 20.5. The molecule has 3 rings (SSSR count). The van der Waals surface area contributed by atoms with E-state index < -0.39 is 12.0 Å². The van der Waals surface area contributed by atoms with Crippen LogP contribution in [-0.2, 0) is 19.1 Å². The van der Waals surface area contributed by atoms with E-state index in [1.54, 1.807) is 18.9 Å². The van der Waals surface area contributed by atoms with Crippen LogP contribution in [0.4, 0.5) is 4.79 Å². The first kappa shape index (κ1) is 25.6. The highest BCUT2D eigenvalue weighted by Gasteiger charge is 2.39. The maximum atomic E-state index is 13.2. The number of benzene rings is 1. The van der Waals surface area contributed by atoms with E-state index in [1.807, 2.05) is 38.1 Å². The fourth-order valence-electron chi connectivity index (χ4n) is 4.53. The first-order chi connectivity index (χ1) is 16.4. The quantitative estimate of drug-likeness (QED) is 0.551. The number of likely N-dealkylation sites (N-methyl/N-ethyl adjacent to an activating group) is 1. The van der Waals surface area contributed by atoms with E-state index in [1.165, 1.54) is 0 Å². The van der Waals surface area contributed by atoms with Crippen molar-refractivity contribution < 1.29 is 28.6 Å². The molecule has 9 nitrogen and oxygen atoms in total. The highest BCUT2D eigenvalue weighted by molar-refractivity contribution is 5.95. The minimum Gasteiger partial charge on any atom is -0.497 e. The molecule has 0 spiro atoms. The highest BCUT2D eigenvalue weighted by Crippen LogP contribution is 2.34. The van der Waals surface area contributed by atoms with Crippen LogP contribution in [0.25, 0.3) is 0 Å². The minimum absolute atomic E-state index is 0.115. The van der Waals surface area contributed by atoms with Gasteiger partial charge in [-0.1, -0.05) is 12.1 Å². The molecular weight excluding hydrogens is 438 g/mol. The van der Waals surface area contributed by atoms with Crippen molar-refractivity contribution in [2.24, 2.45) is 5.92 Å². The van der Waals surface area contributed by atoms with Gasteiger partial charge in [-0.25, -0.2) is 9.59 Å². The van der Waals surface area contributed by atoms with Crippen molar-refractivity contribution in [3.63, 3.8) is 0 Å². The van der Waals surface area contributed by atoms with Gasteiger partial charge in [0.1, 0.15) is 5.75 Å². The van der Waals surface area contributed by atoms with E-state index in [2.05, 4.69) is 10.2 Å². The van der Waals surface area contributed by atoms with Crippen LogP contribution in [-0.4, -0.2) is 74.3 Å². The van der Waals surface area contributed by atoms with Crippen LogP contribution in [0.3, 0.4) is 0 Å². The number of carbonyl (C=O) groups excluding carboxylic acids is 3. The van der Waals surface area contributed by atoms with E-state index in [-0.39, 0.29) is 24.5 Å². The van der Waals surface area contributed by atoms with Gasteiger partial charge in [0, 0.05) is 18.8 Å². The number of carbonyl (C=O) groups is 3.